The quantitative estimate of drug-likeness (QED) is 0.887. The van der Waals surface area contributed by atoms with Crippen molar-refractivity contribution in [3.63, 3.8) is 0 Å². The Bertz CT molecular complexity index is 722. The van der Waals surface area contributed by atoms with E-state index in [1.807, 2.05) is 0 Å². The Kier molecular flexibility index (Phi) is 3.24. The van der Waals surface area contributed by atoms with Crippen LogP contribution in [0, 0.1) is 0 Å². The summed E-state index contributed by atoms with van der Waals surface area (Å²) in [7, 11) is 2.60. The predicted octanol–water partition coefficient (Wildman–Crippen LogP) is 2.15. The van der Waals surface area contributed by atoms with Crippen LogP contribution in [0.15, 0.2) is 16.9 Å². The number of aromatic amines is 1. The number of hydrogen-bond donors (Lipinski definition) is 2. The third-order valence-corrected chi connectivity index (χ3v) is 2.85. The zero-order valence-corrected chi connectivity index (χ0v) is 10.6. The second-order valence-corrected chi connectivity index (χ2v) is 3.96. The Morgan fingerprint density at radius 1 is 1.20 bits per heavy atom. The minimum Gasteiger partial charge on any atom is -0.493 e. The molecule has 1 heterocycles. The number of alkyl halides is 3. The molecular weight excluding hydrogens is 277 g/mol. The SMILES string of the molecule is COc1ccc2c(C(F)(F)F)c(N)c(=O)[nH]c2c1OC. The standard InChI is InChI=1S/C12H11F3N2O3/c1-19-6-4-3-5-7(12(13,14)15)8(16)11(18)17-9(5)10(6)20-2/h3-4H,16H2,1-2H3,(H,17,18). The molecule has 0 unspecified atom stereocenters. The van der Waals surface area contributed by atoms with Crippen LogP contribution >= 0.6 is 0 Å². The van der Waals surface area contributed by atoms with Gasteiger partial charge in [0.1, 0.15) is 5.69 Å². The second kappa shape index (κ2) is 4.62. The molecule has 2 aromatic rings. The zero-order chi connectivity index (χ0) is 15.1. The van der Waals surface area contributed by atoms with Crippen molar-refractivity contribution in [2.24, 2.45) is 0 Å². The van der Waals surface area contributed by atoms with Crippen LogP contribution in [0.1, 0.15) is 5.56 Å². The van der Waals surface area contributed by atoms with Crippen LogP contribution in [0.5, 0.6) is 11.5 Å². The Balaban J connectivity index is 3.01. The van der Waals surface area contributed by atoms with Gasteiger partial charge in [-0.05, 0) is 12.1 Å². The molecular formula is C12H11F3N2O3. The number of anilines is 1. The molecule has 0 amide bonds. The maximum atomic E-state index is 13.1. The van der Waals surface area contributed by atoms with Gasteiger partial charge in [-0.1, -0.05) is 0 Å². The van der Waals surface area contributed by atoms with Gasteiger partial charge in [-0.3, -0.25) is 4.79 Å². The lowest BCUT2D eigenvalue weighted by Gasteiger charge is -2.15. The van der Waals surface area contributed by atoms with Gasteiger partial charge >= 0.3 is 6.18 Å². The maximum absolute atomic E-state index is 13.1. The molecule has 0 saturated carbocycles. The van der Waals surface area contributed by atoms with Crippen molar-refractivity contribution >= 4 is 16.6 Å². The molecule has 1 aromatic carbocycles. The van der Waals surface area contributed by atoms with E-state index in [4.69, 9.17) is 15.2 Å². The molecule has 0 aliphatic carbocycles. The monoisotopic (exact) mass is 288 g/mol. The molecule has 108 valence electrons. The van der Waals surface area contributed by atoms with Gasteiger partial charge in [-0.15, -0.1) is 0 Å². The lowest BCUT2D eigenvalue weighted by atomic mass is 10.1. The zero-order valence-electron chi connectivity index (χ0n) is 10.6. The van der Waals surface area contributed by atoms with E-state index in [0.717, 1.165) is 0 Å². The van der Waals surface area contributed by atoms with Crippen LogP contribution in [0.25, 0.3) is 10.9 Å². The van der Waals surface area contributed by atoms with Crippen molar-refractivity contribution in [3.05, 3.63) is 28.0 Å². The lowest BCUT2D eigenvalue weighted by molar-refractivity contribution is -0.135. The highest BCUT2D eigenvalue weighted by atomic mass is 19.4. The fourth-order valence-corrected chi connectivity index (χ4v) is 2.00. The lowest BCUT2D eigenvalue weighted by Crippen LogP contribution is -2.20. The van der Waals surface area contributed by atoms with Crippen molar-refractivity contribution in [1.29, 1.82) is 0 Å². The van der Waals surface area contributed by atoms with Gasteiger partial charge in [0, 0.05) is 5.39 Å². The van der Waals surface area contributed by atoms with Crippen LogP contribution in [-0.2, 0) is 6.18 Å². The summed E-state index contributed by atoms with van der Waals surface area (Å²) in [5.41, 5.74) is 2.06. The van der Waals surface area contributed by atoms with Crippen molar-refractivity contribution in [2.75, 3.05) is 20.0 Å². The molecule has 0 atom stereocenters. The van der Waals surface area contributed by atoms with E-state index in [2.05, 4.69) is 4.98 Å². The number of ether oxygens (including phenoxy) is 2. The smallest absolute Gasteiger partial charge is 0.419 e. The summed E-state index contributed by atoms with van der Waals surface area (Å²) in [4.78, 5) is 13.9. The number of rotatable bonds is 2. The summed E-state index contributed by atoms with van der Waals surface area (Å²) in [6, 6.07) is 2.49. The number of hydrogen-bond acceptors (Lipinski definition) is 4. The first-order valence-electron chi connectivity index (χ1n) is 5.45. The van der Waals surface area contributed by atoms with Crippen molar-refractivity contribution in [1.82, 2.24) is 4.98 Å². The largest absolute Gasteiger partial charge is 0.493 e. The fourth-order valence-electron chi connectivity index (χ4n) is 2.00. The Morgan fingerprint density at radius 3 is 2.35 bits per heavy atom. The first-order chi connectivity index (χ1) is 9.31. The normalized spacial score (nSPS) is 11.7. The molecule has 0 aliphatic heterocycles. The maximum Gasteiger partial charge on any atom is 0.419 e. The van der Waals surface area contributed by atoms with Crippen LogP contribution in [0.3, 0.4) is 0 Å². The van der Waals surface area contributed by atoms with E-state index in [1.165, 1.54) is 26.4 Å². The topological polar surface area (TPSA) is 77.3 Å². The minimum absolute atomic E-state index is 0.00704. The Labute approximate surface area is 111 Å². The van der Waals surface area contributed by atoms with Gasteiger partial charge in [0.05, 0.1) is 25.3 Å². The van der Waals surface area contributed by atoms with Crippen LogP contribution in [0.2, 0.25) is 0 Å². The van der Waals surface area contributed by atoms with E-state index in [-0.39, 0.29) is 22.4 Å². The van der Waals surface area contributed by atoms with Gasteiger partial charge in [0.2, 0.25) is 0 Å². The number of nitrogens with two attached hydrogens (primary N) is 1. The number of fused-ring (bicyclic) bond motifs is 1. The van der Waals surface area contributed by atoms with Crippen molar-refractivity contribution in [3.8, 4) is 11.5 Å². The third kappa shape index (κ3) is 2.02. The molecule has 20 heavy (non-hydrogen) atoms. The first kappa shape index (κ1) is 14.0. The molecule has 0 fully saturated rings. The van der Waals surface area contributed by atoms with Crippen LogP contribution < -0.4 is 20.8 Å². The summed E-state index contributed by atoms with van der Waals surface area (Å²) in [6.45, 7) is 0. The molecule has 1 aromatic heterocycles. The van der Waals surface area contributed by atoms with Crippen molar-refractivity contribution < 1.29 is 22.6 Å². The average molecular weight is 288 g/mol. The van der Waals surface area contributed by atoms with Gasteiger partial charge in [-0.2, -0.15) is 13.2 Å². The number of pyridine rings is 1. The molecule has 0 radical (unpaired) electrons. The highest BCUT2D eigenvalue weighted by Crippen LogP contribution is 2.41. The molecule has 0 aliphatic rings. The number of aromatic nitrogens is 1. The van der Waals surface area contributed by atoms with Gasteiger partial charge in [-0.25, -0.2) is 0 Å². The summed E-state index contributed by atoms with van der Waals surface area (Å²) in [6.07, 6.45) is -4.75. The molecule has 3 N–H and O–H groups in total. The molecule has 8 heteroatoms. The van der Waals surface area contributed by atoms with Crippen LogP contribution in [-0.4, -0.2) is 19.2 Å². The molecule has 0 spiro atoms. The summed E-state index contributed by atoms with van der Waals surface area (Å²) >= 11 is 0. The summed E-state index contributed by atoms with van der Waals surface area (Å²) < 4.78 is 49.2. The van der Waals surface area contributed by atoms with Crippen LogP contribution in [0.4, 0.5) is 18.9 Å². The van der Waals surface area contributed by atoms with Gasteiger partial charge < -0.3 is 20.2 Å². The number of halogens is 3. The molecule has 5 nitrogen and oxygen atoms in total. The predicted molar refractivity (Wildman–Crippen MR) is 67.1 cm³/mol. The van der Waals surface area contributed by atoms with E-state index < -0.39 is 23.0 Å². The minimum atomic E-state index is -4.75. The fraction of sp³-hybridized carbons (Fsp3) is 0.250. The number of nitrogens with one attached hydrogen (secondary N) is 1. The molecule has 0 saturated heterocycles. The van der Waals surface area contributed by atoms with Gasteiger partial charge in [0.25, 0.3) is 5.56 Å². The highest BCUT2D eigenvalue weighted by Gasteiger charge is 2.37. The number of methoxy groups -OCH3 is 2. The second-order valence-electron chi connectivity index (χ2n) is 3.96. The average Bonchev–Trinajstić information content (AvgIpc) is 2.37. The number of H-pyrrole nitrogens is 1. The number of benzene rings is 1. The van der Waals surface area contributed by atoms with E-state index in [0.29, 0.717) is 0 Å². The molecule has 2 rings (SSSR count). The third-order valence-electron chi connectivity index (χ3n) is 2.85. The summed E-state index contributed by atoms with van der Waals surface area (Å²) in [5, 5.41) is -0.257. The van der Waals surface area contributed by atoms with E-state index >= 15 is 0 Å². The summed E-state index contributed by atoms with van der Waals surface area (Å²) in [5.74, 6) is 0.209. The Morgan fingerprint density at radius 2 is 1.85 bits per heavy atom. The molecule has 0 bridgehead atoms. The first-order valence-corrected chi connectivity index (χ1v) is 5.45. The van der Waals surface area contributed by atoms with E-state index in [9.17, 15) is 18.0 Å². The highest BCUT2D eigenvalue weighted by molar-refractivity contribution is 5.92. The van der Waals surface area contributed by atoms with E-state index in [1.54, 1.807) is 0 Å². The number of nitrogen functional groups attached to an aromatic ring is 1. The van der Waals surface area contributed by atoms with Gasteiger partial charge in [0.15, 0.2) is 11.5 Å². The Hall–Kier alpha value is -2.38. The van der Waals surface area contributed by atoms with Crippen molar-refractivity contribution in [2.45, 2.75) is 6.18 Å².